The summed E-state index contributed by atoms with van der Waals surface area (Å²) in [5.74, 6) is -1.23. The molecular weight excluding hydrogens is 307 g/mol. The van der Waals surface area contributed by atoms with Gasteiger partial charge in [0.2, 0.25) is 5.89 Å². The van der Waals surface area contributed by atoms with E-state index in [1.807, 2.05) is 0 Å². The van der Waals surface area contributed by atoms with Crippen molar-refractivity contribution < 1.29 is 18.7 Å². The number of carboxylic acid groups (broad SMARTS) is 1. The molecule has 5 nitrogen and oxygen atoms in total. The number of aliphatic carboxylic acids is 1. The number of carbonyl (C=O) groups is 1. The standard InChI is InChI=1S/C11H8BrFN2O3/c12-6-1-2-8(13)7(5-6)11-15-14-9(18-11)3-4-10(16)17/h1-2,5H,3-4H2,(H,16,17). The van der Waals surface area contributed by atoms with Crippen LogP contribution in [0.1, 0.15) is 12.3 Å². The number of hydrogen-bond donors (Lipinski definition) is 1. The zero-order valence-electron chi connectivity index (χ0n) is 9.06. The predicted molar refractivity (Wildman–Crippen MR) is 63.3 cm³/mol. The Morgan fingerprint density at radius 3 is 2.94 bits per heavy atom. The predicted octanol–water partition coefficient (Wildman–Crippen LogP) is 2.66. The number of benzene rings is 1. The lowest BCUT2D eigenvalue weighted by molar-refractivity contribution is -0.137. The summed E-state index contributed by atoms with van der Waals surface area (Å²) < 4.78 is 19.4. The quantitative estimate of drug-likeness (QED) is 0.938. The average Bonchev–Trinajstić information content (AvgIpc) is 2.78. The number of halogens is 2. The molecule has 0 unspecified atom stereocenters. The van der Waals surface area contributed by atoms with Gasteiger partial charge in [0, 0.05) is 10.9 Å². The molecule has 94 valence electrons. The lowest BCUT2D eigenvalue weighted by Gasteiger charge is -1.98. The van der Waals surface area contributed by atoms with Gasteiger partial charge in [0.15, 0.2) is 0 Å². The highest BCUT2D eigenvalue weighted by Gasteiger charge is 2.14. The van der Waals surface area contributed by atoms with Crippen molar-refractivity contribution in [3.05, 3.63) is 34.4 Å². The smallest absolute Gasteiger partial charge is 0.303 e. The maximum Gasteiger partial charge on any atom is 0.303 e. The monoisotopic (exact) mass is 314 g/mol. The van der Waals surface area contributed by atoms with Gasteiger partial charge in [0.25, 0.3) is 5.89 Å². The van der Waals surface area contributed by atoms with Crippen molar-refractivity contribution in [2.24, 2.45) is 0 Å². The average molecular weight is 315 g/mol. The third-order valence-corrected chi connectivity index (χ3v) is 2.67. The molecule has 1 aromatic carbocycles. The molecular formula is C11H8BrFN2O3. The summed E-state index contributed by atoms with van der Waals surface area (Å²) in [4.78, 5) is 10.4. The first-order valence-electron chi connectivity index (χ1n) is 5.06. The number of hydrogen-bond acceptors (Lipinski definition) is 4. The van der Waals surface area contributed by atoms with E-state index >= 15 is 0 Å². The first-order valence-corrected chi connectivity index (χ1v) is 5.85. The molecule has 0 saturated carbocycles. The fourth-order valence-corrected chi connectivity index (χ4v) is 1.70. The zero-order chi connectivity index (χ0) is 13.1. The van der Waals surface area contributed by atoms with Gasteiger partial charge in [-0.3, -0.25) is 4.79 Å². The maximum atomic E-state index is 13.5. The molecule has 2 rings (SSSR count). The van der Waals surface area contributed by atoms with Gasteiger partial charge in [-0.25, -0.2) is 4.39 Å². The molecule has 0 fully saturated rings. The fourth-order valence-electron chi connectivity index (χ4n) is 1.34. The first-order chi connectivity index (χ1) is 8.56. The Labute approximate surface area is 110 Å². The van der Waals surface area contributed by atoms with Crippen molar-refractivity contribution in [1.29, 1.82) is 0 Å². The summed E-state index contributed by atoms with van der Waals surface area (Å²) in [6.07, 6.45) is 0.0144. The molecule has 2 aromatic rings. The molecule has 0 aliphatic heterocycles. The van der Waals surface area contributed by atoms with Crippen molar-refractivity contribution in [3.63, 3.8) is 0 Å². The Morgan fingerprint density at radius 1 is 1.44 bits per heavy atom. The first kappa shape index (κ1) is 12.7. The molecule has 1 heterocycles. The SMILES string of the molecule is O=C(O)CCc1nnc(-c2cc(Br)ccc2F)o1. The molecule has 0 spiro atoms. The summed E-state index contributed by atoms with van der Waals surface area (Å²) >= 11 is 3.22. The molecule has 0 aliphatic carbocycles. The highest BCUT2D eigenvalue weighted by Crippen LogP contribution is 2.25. The van der Waals surface area contributed by atoms with Crippen LogP contribution in [-0.2, 0) is 11.2 Å². The zero-order valence-corrected chi connectivity index (χ0v) is 10.6. The molecule has 0 amide bonds. The molecule has 0 saturated heterocycles. The van der Waals surface area contributed by atoms with E-state index in [1.165, 1.54) is 12.1 Å². The van der Waals surface area contributed by atoms with Gasteiger partial charge in [0.1, 0.15) is 5.82 Å². The minimum atomic E-state index is -0.955. The highest BCUT2D eigenvalue weighted by molar-refractivity contribution is 9.10. The normalized spacial score (nSPS) is 10.6. The van der Waals surface area contributed by atoms with Gasteiger partial charge in [-0.2, -0.15) is 0 Å². The van der Waals surface area contributed by atoms with Crippen LogP contribution in [0.3, 0.4) is 0 Å². The van der Waals surface area contributed by atoms with Crippen molar-refractivity contribution in [2.45, 2.75) is 12.8 Å². The van der Waals surface area contributed by atoms with Crippen molar-refractivity contribution >= 4 is 21.9 Å². The Morgan fingerprint density at radius 2 is 2.22 bits per heavy atom. The molecule has 0 bridgehead atoms. The van der Waals surface area contributed by atoms with Crippen LogP contribution in [0.4, 0.5) is 4.39 Å². The van der Waals surface area contributed by atoms with Gasteiger partial charge >= 0.3 is 5.97 Å². The van der Waals surface area contributed by atoms with Gasteiger partial charge in [0.05, 0.1) is 12.0 Å². The summed E-state index contributed by atoms with van der Waals surface area (Å²) in [6, 6.07) is 4.35. The van der Waals surface area contributed by atoms with Crippen LogP contribution in [0.25, 0.3) is 11.5 Å². The van der Waals surface area contributed by atoms with Gasteiger partial charge in [-0.05, 0) is 18.2 Å². The molecule has 0 radical (unpaired) electrons. The number of aromatic nitrogens is 2. The second-order valence-electron chi connectivity index (χ2n) is 3.52. The van der Waals surface area contributed by atoms with Crippen LogP contribution in [0.2, 0.25) is 0 Å². The third-order valence-electron chi connectivity index (χ3n) is 2.18. The Hall–Kier alpha value is -1.76. The number of aryl methyl sites for hydroxylation is 1. The van der Waals surface area contributed by atoms with E-state index in [2.05, 4.69) is 26.1 Å². The number of rotatable bonds is 4. The second-order valence-corrected chi connectivity index (χ2v) is 4.43. The van der Waals surface area contributed by atoms with Crippen molar-refractivity contribution in [1.82, 2.24) is 10.2 Å². The Balaban J connectivity index is 2.23. The van der Waals surface area contributed by atoms with E-state index in [4.69, 9.17) is 9.52 Å². The summed E-state index contributed by atoms with van der Waals surface area (Å²) in [5.41, 5.74) is 0.179. The molecule has 0 atom stereocenters. The van der Waals surface area contributed by atoms with E-state index in [1.54, 1.807) is 6.07 Å². The van der Waals surface area contributed by atoms with E-state index < -0.39 is 11.8 Å². The van der Waals surface area contributed by atoms with Crippen LogP contribution in [0.5, 0.6) is 0 Å². The minimum Gasteiger partial charge on any atom is -0.481 e. The second kappa shape index (κ2) is 5.26. The maximum absolute atomic E-state index is 13.5. The van der Waals surface area contributed by atoms with E-state index in [9.17, 15) is 9.18 Å². The summed E-state index contributed by atoms with van der Waals surface area (Å²) in [5, 5.41) is 15.9. The van der Waals surface area contributed by atoms with E-state index in [0.29, 0.717) is 4.47 Å². The van der Waals surface area contributed by atoms with Crippen LogP contribution in [-0.4, -0.2) is 21.3 Å². The lowest BCUT2D eigenvalue weighted by Crippen LogP contribution is -1.97. The largest absolute Gasteiger partial charge is 0.481 e. The van der Waals surface area contributed by atoms with Crippen LogP contribution in [0, 0.1) is 5.82 Å². The van der Waals surface area contributed by atoms with Crippen LogP contribution in [0.15, 0.2) is 27.1 Å². The summed E-state index contributed by atoms with van der Waals surface area (Å²) in [6.45, 7) is 0. The highest BCUT2D eigenvalue weighted by atomic mass is 79.9. The topological polar surface area (TPSA) is 76.2 Å². The Bertz CT molecular complexity index is 585. The fraction of sp³-hybridized carbons (Fsp3) is 0.182. The number of nitrogens with zero attached hydrogens (tertiary/aromatic N) is 2. The third kappa shape index (κ3) is 2.92. The van der Waals surface area contributed by atoms with Gasteiger partial charge in [-0.15, -0.1) is 10.2 Å². The molecule has 7 heteroatoms. The lowest BCUT2D eigenvalue weighted by atomic mass is 10.2. The van der Waals surface area contributed by atoms with Crippen LogP contribution >= 0.6 is 15.9 Å². The van der Waals surface area contributed by atoms with Gasteiger partial charge in [-0.1, -0.05) is 15.9 Å². The minimum absolute atomic E-state index is 0.0363. The molecule has 1 N–H and O–H groups in total. The molecule has 18 heavy (non-hydrogen) atoms. The molecule has 1 aromatic heterocycles. The van der Waals surface area contributed by atoms with Crippen LogP contribution < -0.4 is 0 Å². The molecule has 0 aliphatic rings. The van der Waals surface area contributed by atoms with Crippen molar-refractivity contribution in [2.75, 3.05) is 0 Å². The number of carboxylic acids is 1. The van der Waals surface area contributed by atoms with E-state index in [-0.39, 0.29) is 30.2 Å². The summed E-state index contributed by atoms with van der Waals surface area (Å²) in [7, 11) is 0. The Kier molecular flexibility index (Phi) is 3.71. The van der Waals surface area contributed by atoms with Gasteiger partial charge < -0.3 is 9.52 Å². The van der Waals surface area contributed by atoms with Crippen molar-refractivity contribution in [3.8, 4) is 11.5 Å². The van der Waals surface area contributed by atoms with E-state index in [0.717, 1.165) is 0 Å².